The second kappa shape index (κ2) is 37.8. The maximum Gasteiger partial charge on any atom is 0.423 e. The van der Waals surface area contributed by atoms with Crippen molar-refractivity contribution in [3.8, 4) is 16.9 Å². The molecule has 4 aliphatic heterocycles. The van der Waals surface area contributed by atoms with Crippen LogP contribution in [0.4, 0.5) is 81.6 Å². The molecule has 7 aromatic rings. The van der Waals surface area contributed by atoms with Gasteiger partial charge in [0.25, 0.3) is 18.4 Å². The maximum atomic E-state index is 14.1. The van der Waals surface area contributed by atoms with Crippen molar-refractivity contribution in [2.75, 3.05) is 65.2 Å². The van der Waals surface area contributed by atoms with Crippen molar-refractivity contribution in [1.82, 2.24) is 14.5 Å². The Hall–Kier alpha value is -11.9. The number of carboxylic acids is 2. The average molecular weight is 1580 g/mol. The lowest BCUT2D eigenvalue weighted by Gasteiger charge is -2.21. The Morgan fingerprint density at radius 3 is 1.47 bits per heavy atom. The summed E-state index contributed by atoms with van der Waals surface area (Å²) in [5, 5.41) is 41.3. The van der Waals surface area contributed by atoms with Crippen LogP contribution in [0.2, 0.25) is 0 Å². The molecular weight excluding hydrogens is 1510 g/mol. The third kappa shape index (κ3) is 21.9. The molecule has 7 heterocycles. The number of aliphatic carboxylic acids is 2. The van der Waals surface area contributed by atoms with E-state index in [0.29, 0.717) is 4.57 Å². The number of carbonyl (C=O) groups excluding carboxylic acids is 3. The van der Waals surface area contributed by atoms with Crippen LogP contribution >= 0.6 is 0 Å². The fourth-order valence-corrected chi connectivity index (χ4v) is 11.3. The zero-order chi connectivity index (χ0) is 81.0. The summed E-state index contributed by atoms with van der Waals surface area (Å²) < 4.78 is 234. The highest BCUT2D eigenvalue weighted by molar-refractivity contribution is 6.06. The molecule has 0 fully saturated rings. The molecule has 110 heavy (non-hydrogen) atoms. The van der Waals surface area contributed by atoms with E-state index in [4.69, 9.17) is 38.9 Å². The van der Waals surface area contributed by atoms with Gasteiger partial charge in [0.2, 0.25) is 5.69 Å². The molecule has 0 spiro atoms. The Morgan fingerprint density at radius 2 is 1.05 bits per heavy atom. The Kier molecular flexibility index (Phi) is 29.3. The molecule has 24 nitrogen and oxygen atoms in total. The number of benzene rings is 4. The van der Waals surface area contributed by atoms with Crippen LogP contribution in [0.1, 0.15) is 105 Å². The highest BCUT2D eigenvalue weighted by atomic mass is 19.4. The lowest BCUT2D eigenvalue weighted by molar-refractivity contribution is -0.426. The number of ether oxygens (including phenoxy) is 4. The Balaban J connectivity index is 0.000000196. The van der Waals surface area contributed by atoms with Gasteiger partial charge < -0.3 is 58.7 Å². The lowest BCUT2D eigenvalue weighted by Crippen LogP contribution is -2.29. The van der Waals surface area contributed by atoms with Gasteiger partial charge in [0.1, 0.15) is 30.9 Å². The van der Waals surface area contributed by atoms with Crippen LogP contribution < -0.4 is 10.9 Å². The highest BCUT2D eigenvalue weighted by Gasteiger charge is 2.46. The molecule has 4 aliphatic rings. The number of halogens is 16. The van der Waals surface area contributed by atoms with Crippen LogP contribution in [0.3, 0.4) is 0 Å². The number of nitrogens with zero attached hydrogens (tertiary/aromatic N) is 7. The molecule has 0 aliphatic carbocycles. The molecule has 11 rings (SSSR count). The summed E-state index contributed by atoms with van der Waals surface area (Å²) in [6.45, 7) is 2.16. The van der Waals surface area contributed by atoms with E-state index in [9.17, 15) is 104 Å². The molecule has 4 N–H and O–H groups in total. The number of esters is 3. The van der Waals surface area contributed by atoms with Crippen molar-refractivity contribution in [2.45, 2.75) is 96.0 Å². The Morgan fingerprint density at radius 1 is 0.582 bits per heavy atom. The number of hydrogen-bond donors (Lipinski definition) is 4. The van der Waals surface area contributed by atoms with Crippen LogP contribution in [0.5, 0.6) is 5.75 Å². The molecule has 3 aromatic heterocycles. The molecule has 0 bridgehead atoms. The number of alkyl halides is 16. The molecular formula is C70H63F16N8O16+. The predicted octanol–water partition coefficient (Wildman–Crippen LogP) is 13.3. The van der Waals surface area contributed by atoms with Gasteiger partial charge >= 0.3 is 61.0 Å². The van der Waals surface area contributed by atoms with Crippen molar-refractivity contribution in [3.63, 3.8) is 0 Å². The first-order chi connectivity index (χ1) is 51.9. The summed E-state index contributed by atoms with van der Waals surface area (Å²) >= 11 is 0. The maximum absolute atomic E-state index is 14.1. The molecule has 0 saturated carbocycles. The van der Waals surface area contributed by atoms with Gasteiger partial charge in [0.15, 0.2) is 30.5 Å². The number of pyridine rings is 3. The number of hydrogen-bond acceptors (Lipinski definition) is 20. The number of fused-ring (bicyclic) bond motifs is 1. The molecule has 4 aromatic carbocycles. The van der Waals surface area contributed by atoms with E-state index in [1.807, 2.05) is 0 Å². The molecule has 0 amide bonds. The van der Waals surface area contributed by atoms with E-state index >= 15 is 0 Å². The number of aromatic hydroxyl groups is 1. The number of methoxy groups -OCH3 is 1. The average Bonchev–Trinajstić information content (AvgIpc) is 1.61. The SMILES string of the molecule is CCOC(=O)C(C(=O)OCC)c1cccc(C2=NOCC2)c1C(F)(F)F.COC(=O)c1ncccc1NCC(F)F.O=C(O)Cc1cccc(C2=NOCC2)c1C(F)(F)F.O=C(O)Cc1cccc(C2=NOCC2)c1C(F)(F)F.O=c1c(-c2cccc([N+]3=COCC3)c2C(F)(F)F)c(O)c2ncccc2n1CC(F)F. The van der Waals surface area contributed by atoms with Crippen molar-refractivity contribution >= 4 is 75.8 Å². The normalized spacial score (nSPS) is 13.9. The zero-order valence-corrected chi connectivity index (χ0v) is 57.4. The van der Waals surface area contributed by atoms with Crippen molar-refractivity contribution in [2.24, 2.45) is 15.5 Å². The number of oxime groups is 3. The first-order valence-corrected chi connectivity index (χ1v) is 32.3. The fourth-order valence-electron chi connectivity index (χ4n) is 11.3. The number of nitrogens with one attached hydrogen (secondary N) is 1. The van der Waals surface area contributed by atoms with E-state index < -0.39 is 150 Å². The van der Waals surface area contributed by atoms with Crippen molar-refractivity contribution < 1.29 is 148 Å². The summed E-state index contributed by atoms with van der Waals surface area (Å²) in [5.41, 5.74) is -8.20. The lowest BCUT2D eigenvalue weighted by atomic mass is 9.88. The summed E-state index contributed by atoms with van der Waals surface area (Å²) in [4.78, 5) is 91.9. The van der Waals surface area contributed by atoms with Gasteiger partial charge in [-0.15, -0.1) is 0 Å². The molecule has 0 saturated heterocycles. The molecule has 0 atom stereocenters. The van der Waals surface area contributed by atoms with Gasteiger partial charge in [-0.2, -0.15) is 57.3 Å². The first kappa shape index (κ1) is 85.4. The molecule has 0 radical (unpaired) electrons. The second-order valence-electron chi connectivity index (χ2n) is 22.8. The second-order valence-corrected chi connectivity index (χ2v) is 22.8. The van der Waals surface area contributed by atoms with E-state index in [1.54, 1.807) is 6.07 Å². The molecule has 590 valence electrons. The largest absolute Gasteiger partial charge is 0.505 e. The van der Waals surface area contributed by atoms with Crippen molar-refractivity contribution in [1.29, 1.82) is 0 Å². The fraction of sp³-hybridized carbons (Fsp3) is 0.343. The minimum Gasteiger partial charge on any atom is -0.505 e. The van der Waals surface area contributed by atoms with Gasteiger partial charge in [-0.1, -0.05) is 82.2 Å². The topological polar surface area (TPSA) is 311 Å². The Bertz CT molecular complexity index is 4560. The number of carbonyl (C=O) groups is 5. The third-order valence-corrected chi connectivity index (χ3v) is 15.5. The monoisotopic (exact) mass is 1580 g/mol. The zero-order valence-electron chi connectivity index (χ0n) is 57.4. The number of rotatable bonds is 20. The standard InChI is InChI=1S/C20H14F5N3O3.C17H18F3NO5.2C12H10F3NO3.C9H10F2N2O2/c21-14(22)9-28-13-5-2-6-26-17(13)18(29)15(19(28)30)11-3-1-4-12(16(11)20(23,24)25)27-7-8-31-10-27;1-3-24-15(22)13(16(23)25-4-2)11-7-5-6-10(12-8-9-26-21-12)14(11)17(18,19)20;2*13-12(14,15)11-7(6-10(17)18)2-1-3-8(11)9-4-5-19-16-9;1-15-9(14)8-6(3-2-4-12-8)13-5-7(10)11/h1-6,10,14H,7-9H2;5-7,13H,3-4,8-9H2,1-2H3;2*1-3H,4-6H2,(H,17,18);2-4,7,13H,5H2,1H3/p+1. The van der Waals surface area contributed by atoms with E-state index in [2.05, 4.69) is 35.5 Å². The quantitative estimate of drug-likeness (QED) is 0.0181. The van der Waals surface area contributed by atoms with Gasteiger partial charge in [0, 0.05) is 60.0 Å². The van der Waals surface area contributed by atoms with Crippen molar-refractivity contribution in [3.05, 3.63) is 181 Å². The first-order valence-electron chi connectivity index (χ1n) is 32.3. The van der Waals surface area contributed by atoms with E-state index in [-0.39, 0.29) is 139 Å². The summed E-state index contributed by atoms with van der Waals surface area (Å²) in [6.07, 6.45) is -21.3. The number of carboxylic acid groups (broad SMARTS) is 2. The van der Waals surface area contributed by atoms with Gasteiger partial charge in [-0.3, -0.25) is 29.0 Å². The van der Waals surface area contributed by atoms with Gasteiger partial charge in [-0.25, -0.2) is 27.3 Å². The molecule has 0 unspecified atom stereocenters. The van der Waals surface area contributed by atoms with E-state index in [1.165, 1.54) is 105 Å². The Labute approximate surface area is 610 Å². The minimum atomic E-state index is -4.92. The van der Waals surface area contributed by atoms with E-state index in [0.717, 1.165) is 30.7 Å². The summed E-state index contributed by atoms with van der Waals surface area (Å²) in [6, 6.07) is 20.5. The summed E-state index contributed by atoms with van der Waals surface area (Å²) in [5.74, 6) is -8.13. The summed E-state index contributed by atoms with van der Waals surface area (Å²) in [7, 11) is 1.20. The number of anilines is 1. The van der Waals surface area contributed by atoms with Crippen LogP contribution in [0.25, 0.3) is 22.2 Å². The van der Waals surface area contributed by atoms with Crippen LogP contribution in [0, 0.1) is 0 Å². The van der Waals surface area contributed by atoms with Gasteiger partial charge in [0.05, 0.1) is 96.8 Å². The van der Waals surface area contributed by atoms with Crippen LogP contribution in [-0.4, -0.2) is 161 Å². The number of aromatic nitrogens is 3. The minimum absolute atomic E-state index is 0.000602. The van der Waals surface area contributed by atoms with Crippen LogP contribution in [-0.2, 0) is 96.7 Å². The molecule has 40 heteroatoms. The highest BCUT2D eigenvalue weighted by Crippen LogP contribution is 2.46. The third-order valence-electron chi connectivity index (χ3n) is 15.5. The van der Waals surface area contributed by atoms with Gasteiger partial charge in [-0.05, 0) is 54.8 Å². The smallest absolute Gasteiger partial charge is 0.423 e. The van der Waals surface area contributed by atoms with Crippen LogP contribution in [0.15, 0.2) is 130 Å². The predicted molar refractivity (Wildman–Crippen MR) is 355 cm³/mol.